The molecule has 2 fully saturated rings. The molecule has 1 atom stereocenters. The highest BCUT2D eigenvalue weighted by atomic mass is 16.5. The average molecular weight is 254 g/mol. The molecule has 0 bridgehead atoms. The van der Waals surface area contributed by atoms with Gasteiger partial charge in [-0.1, -0.05) is 13.8 Å². The van der Waals surface area contributed by atoms with Crippen LogP contribution in [0, 0.1) is 5.41 Å². The van der Waals surface area contributed by atoms with Gasteiger partial charge >= 0.3 is 0 Å². The van der Waals surface area contributed by atoms with Crippen LogP contribution in [0.3, 0.4) is 0 Å². The summed E-state index contributed by atoms with van der Waals surface area (Å²) in [7, 11) is 4.30. The molecule has 2 aliphatic rings. The fourth-order valence-corrected chi connectivity index (χ4v) is 3.45. The van der Waals surface area contributed by atoms with Crippen LogP contribution in [0.15, 0.2) is 0 Å². The first-order chi connectivity index (χ1) is 8.41. The van der Waals surface area contributed by atoms with Gasteiger partial charge in [-0.2, -0.15) is 0 Å². The molecule has 1 N–H and O–H groups in total. The van der Waals surface area contributed by atoms with E-state index in [0.717, 1.165) is 19.7 Å². The standard InChI is InChI=1S/C15H30N2O/c1-14(2,12-17(3)4)11-16-13-6-9-18-15(10-13)7-5-8-15/h13,16H,5-12H2,1-4H3. The van der Waals surface area contributed by atoms with Gasteiger partial charge < -0.3 is 15.0 Å². The zero-order valence-corrected chi connectivity index (χ0v) is 12.6. The lowest BCUT2D eigenvalue weighted by Crippen LogP contribution is -2.52. The number of nitrogens with one attached hydrogen (secondary N) is 1. The number of ether oxygens (including phenoxy) is 1. The molecule has 3 heteroatoms. The lowest BCUT2D eigenvalue weighted by atomic mass is 9.74. The van der Waals surface area contributed by atoms with Gasteiger partial charge in [0.15, 0.2) is 0 Å². The minimum atomic E-state index is 0.265. The fourth-order valence-electron chi connectivity index (χ4n) is 3.45. The molecule has 18 heavy (non-hydrogen) atoms. The number of rotatable bonds is 5. The second-order valence-corrected chi connectivity index (χ2v) is 7.36. The Balaban J connectivity index is 1.75. The molecule has 106 valence electrons. The first-order valence-corrected chi connectivity index (χ1v) is 7.43. The topological polar surface area (TPSA) is 24.5 Å². The highest BCUT2D eigenvalue weighted by Crippen LogP contribution is 2.42. The van der Waals surface area contributed by atoms with Gasteiger partial charge in [0.25, 0.3) is 0 Å². The van der Waals surface area contributed by atoms with E-state index in [2.05, 4.69) is 38.2 Å². The van der Waals surface area contributed by atoms with Crippen molar-refractivity contribution >= 4 is 0 Å². The molecule has 0 aromatic carbocycles. The number of hydrogen-bond donors (Lipinski definition) is 1. The van der Waals surface area contributed by atoms with Crippen LogP contribution >= 0.6 is 0 Å². The van der Waals surface area contributed by atoms with Crippen molar-refractivity contribution in [2.24, 2.45) is 5.41 Å². The van der Waals surface area contributed by atoms with E-state index in [9.17, 15) is 0 Å². The molecule has 1 aliphatic heterocycles. The van der Waals surface area contributed by atoms with Crippen LogP contribution in [0.5, 0.6) is 0 Å². The Bertz CT molecular complexity index is 272. The van der Waals surface area contributed by atoms with Gasteiger partial charge in [-0.25, -0.2) is 0 Å². The van der Waals surface area contributed by atoms with Crippen molar-refractivity contribution in [3.63, 3.8) is 0 Å². The van der Waals surface area contributed by atoms with Crippen molar-refractivity contribution in [2.75, 3.05) is 33.8 Å². The number of hydrogen-bond acceptors (Lipinski definition) is 3. The van der Waals surface area contributed by atoms with Crippen molar-refractivity contribution in [1.82, 2.24) is 10.2 Å². The van der Waals surface area contributed by atoms with E-state index >= 15 is 0 Å². The molecule has 1 spiro atoms. The van der Waals surface area contributed by atoms with Gasteiger partial charge in [0.1, 0.15) is 0 Å². The van der Waals surface area contributed by atoms with Crippen LogP contribution in [-0.4, -0.2) is 50.3 Å². The van der Waals surface area contributed by atoms with E-state index in [0.29, 0.717) is 11.5 Å². The van der Waals surface area contributed by atoms with E-state index in [1.807, 2.05) is 0 Å². The Kier molecular flexibility index (Phi) is 4.35. The summed E-state index contributed by atoms with van der Waals surface area (Å²) < 4.78 is 5.98. The SMILES string of the molecule is CN(C)CC(C)(C)CNC1CCOC2(CCC2)C1. The van der Waals surface area contributed by atoms with Gasteiger partial charge in [0, 0.05) is 25.7 Å². The molecule has 0 amide bonds. The van der Waals surface area contributed by atoms with Gasteiger partial charge in [-0.05, 0) is 51.6 Å². The summed E-state index contributed by atoms with van der Waals surface area (Å²) in [6.07, 6.45) is 6.34. The maximum Gasteiger partial charge on any atom is 0.0697 e. The lowest BCUT2D eigenvalue weighted by molar-refractivity contribution is -0.136. The van der Waals surface area contributed by atoms with Gasteiger partial charge in [0.05, 0.1) is 5.60 Å². The van der Waals surface area contributed by atoms with Crippen molar-refractivity contribution in [2.45, 2.75) is 57.6 Å². The number of nitrogens with zero attached hydrogens (tertiary/aromatic N) is 1. The Morgan fingerprint density at radius 2 is 2.06 bits per heavy atom. The summed E-state index contributed by atoms with van der Waals surface area (Å²) in [4.78, 5) is 2.28. The van der Waals surface area contributed by atoms with Crippen LogP contribution in [0.1, 0.15) is 46.0 Å². The van der Waals surface area contributed by atoms with E-state index in [1.54, 1.807) is 0 Å². The average Bonchev–Trinajstić information content (AvgIpc) is 2.23. The Morgan fingerprint density at radius 3 is 2.61 bits per heavy atom. The maximum absolute atomic E-state index is 5.98. The maximum atomic E-state index is 5.98. The predicted octanol–water partition coefficient (Wildman–Crippen LogP) is 2.27. The van der Waals surface area contributed by atoms with Crippen molar-refractivity contribution in [3.8, 4) is 0 Å². The third-order valence-electron chi connectivity index (χ3n) is 4.37. The van der Waals surface area contributed by atoms with Crippen molar-refractivity contribution in [1.29, 1.82) is 0 Å². The Hall–Kier alpha value is -0.120. The molecule has 1 saturated heterocycles. The second-order valence-electron chi connectivity index (χ2n) is 7.36. The molecule has 1 unspecified atom stereocenters. The van der Waals surface area contributed by atoms with E-state index < -0.39 is 0 Å². The lowest BCUT2D eigenvalue weighted by Gasteiger charge is -2.47. The summed E-state index contributed by atoms with van der Waals surface area (Å²) in [5, 5.41) is 3.78. The highest BCUT2D eigenvalue weighted by Gasteiger charge is 2.42. The minimum Gasteiger partial charge on any atom is -0.375 e. The second kappa shape index (κ2) is 5.48. The smallest absolute Gasteiger partial charge is 0.0697 e. The van der Waals surface area contributed by atoms with Crippen molar-refractivity contribution in [3.05, 3.63) is 0 Å². The fraction of sp³-hybridized carbons (Fsp3) is 1.00. The monoisotopic (exact) mass is 254 g/mol. The van der Waals surface area contributed by atoms with Gasteiger partial charge in [0.2, 0.25) is 0 Å². The summed E-state index contributed by atoms with van der Waals surface area (Å²) in [6.45, 7) is 7.88. The van der Waals surface area contributed by atoms with Crippen LogP contribution in [0.25, 0.3) is 0 Å². The van der Waals surface area contributed by atoms with Gasteiger partial charge in [-0.15, -0.1) is 0 Å². The first kappa shape index (κ1) is 14.3. The summed E-state index contributed by atoms with van der Waals surface area (Å²) in [5.74, 6) is 0. The summed E-state index contributed by atoms with van der Waals surface area (Å²) in [5.41, 5.74) is 0.607. The normalized spacial score (nSPS) is 27.5. The molecule has 3 nitrogen and oxygen atoms in total. The Morgan fingerprint density at radius 1 is 1.33 bits per heavy atom. The third-order valence-corrected chi connectivity index (χ3v) is 4.37. The minimum absolute atomic E-state index is 0.265. The molecule has 0 aromatic rings. The molecule has 1 aliphatic carbocycles. The molecule has 1 saturated carbocycles. The molecular weight excluding hydrogens is 224 g/mol. The van der Waals surface area contributed by atoms with E-state index in [1.165, 1.54) is 32.1 Å². The molecule has 0 aromatic heterocycles. The zero-order chi connectivity index (χ0) is 13.2. The van der Waals surface area contributed by atoms with Crippen LogP contribution < -0.4 is 5.32 Å². The summed E-state index contributed by atoms with van der Waals surface area (Å²) >= 11 is 0. The first-order valence-electron chi connectivity index (χ1n) is 7.43. The quantitative estimate of drug-likeness (QED) is 0.814. The van der Waals surface area contributed by atoms with E-state index in [4.69, 9.17) is 4.74 Å². The third kappa shape index (κ3) is 3.69. The zero-order valence-electron chi connectivity index (χ0n) is 12.6. The molecular formula is C15H30N2O. The van der Waals surface area contributed by atoms with Crippen LogP contribution in [0.4, 0.5) is 0 Å². The van der Waals surface area contributed by atoms with E-state index in [-0.39, 0.29) is 5.60 Å². The largest absolute Gasteiger partial charge is 0.375 e. The van der Waals surface area contributed by atoms with Crippen molar-refractivity contribution < 1.29 is 4.74 Å². The van der Waals surface area contributed by atoms with Crippen LogP contribution in [-0.2, 0) is 4.74 Å². The molecule has 2 rings (SSSR count). The molecule has 1 heterocycles. The highest BCUT2D eigenvalue weighted by molar-refractivity contribution is 4.96. The Labute approximate surface area is 112 Å². The van der Waals surface area contributed by atoms with Gasteiger partial charge in [-0.3, -0.25) is 0 Å². The molecule has 0 radical (unpaired) electrons. The van der Waals surface area contributed by atoms with Crippen LogP contribution in [0.2, 0.25) is 0 Å². The summed E-state index contributed by atoms with van der Waals surface area (Å²) in [6, 6.07) is 0.667. The predicted molar refractivity (Wildman–Crippen MR) is 75.9 cm³/mol.